The molecule has 0 saturated carbocycles. The van der Waals surface area contributed by atoms with Gasteiger partial charge in [-0.1, -0.05) is 249 Å². The van der Waals surface area contributed by atoms with E-state index in [2.05, 4.69) is 362 Å². The van der Waals surface area contributed by atoms with Crippen LogP contribution >= 0.6 is 0 Å². The number of nitrogens with zero attached hydrogens (tertiary/aromatic N) is 10. The first-order chi connectivity index (χ1) is 55.0. The van der Waals surface area contributed by atoms with Crippen LogP contribution in [0.15, 0.2) is 413 Å². The first-order valence-electron chi connectivity index (χ1n) is 37.3. The van der Waals surface area contributed by atoms with Gasteiger partial charge in [-0.2, -0.15) is 0 Å². The summed E-state index contributed by atoms with van der Waals surface area (Å²) in [5, 5.41) is 7.55. The molecule has 0 amide bonds. The minimum absolute atomic E-state index is 0.552. The third-order valence-corrected chi connectivity index (χ3v) is 21.1. The number of imidazole rings is 1. The van der Waals surface area contributed by atoms with Gasteiger partial charge in [-0.15, -0.1) is 0 Å². The predicted molar refractivity (Wildman–Crippen MR) is 457 cm³/mol. The fourth-order valence-corrected chi connectivity index (χ4v) is 15.8. The van der Waals surface area contributed by atoms with E-state index < -0.39 is 0 Å². The van der Waals surface area contributed by atoms with Gasteiger partial charge in [-0.05, 0) is 167 Å². The van der Waals surface area contributed by atoms with Gasteiger partial charge in [-0.3, -0.25) is 4.98 Å². The molecule has 22 aromatic rings. The van der Waals surface area contributed by atoms with Crippen LogP contribution in [-0.2, 0) is 0 Å². The second kappa shape index (κ2) is 28.3. The molecule has 0 spiro atoms. The van der Waals surface area contributed by atoms with E-state index >= 15 is 0 Å². The average Bonchev–Trinajstić information content (AvgIpc) is 1.60. The lowest BCUT2D eigenvalue weighted by atomic mass is 9.97. The maximum absolute atomic E-state index is 4.83. The van der Waals surface area contributed by atoms with Gasteiger partial charge >= 0.3 is 0 Å². The third-order valence-electron chi connectivity index (χ3n) is 21.1. The summed E-state index contributed by atoms with van der Waals surface area (Å²) in [4.78, 5) is 23.6. The number of hydrogen-bond donors (Lipinski definition) is 0. The van der Waals surface area contributed by atoms with Crippen LogP contribution in [0, 0.1) is 0 Å². The van der Waals surface area contributed by atoms with Crippen molar-refractivity contribution in [2.24, 2.45) is 0 Å². The third kappa shape index (κ3) is 12.2. The average molecular weight is 1420 g/mol. The van der Waals surface area contributed by atoms with Crippen molar-refractivity contribution < 1.29 is 0 Å². The molecule has 522 valence electrons. The number of pyridine rings is 3. The van der Waals surface area contributed by atoms with Gasteiger partial charge < -0.3 is 22.5 Å². The summed E-state index contributed by atoms with van der Waals surface area (Å²) >= 11 is 0. The fourth-order valence-electron chi connectivity index (χ4n) is 15.8. The van der Waals surface area contributed by atoms with Gasteiger partial charge in [0.05, 0.1) is 44.3 Å². The second-order valence-corrected chi connectivity index (χ2v) is 27.7. The number of para-hydroxylation sites is 4. The summed E-state index contributed by atoms with van der Waals surface area (Å²) in [7, 11) is 0. The minimum Gasteiger partial charge on any atom is -0.323 e. The van der Waals surface area contributed by atoms with Crippen LogP contribution < -0.4 is 0 Å². The van der Waals surface area contributed by atoms with Gasteiger partial charge in [0.1, 0.15) is 11.3 Å². The topological polar surface area (TPSA) is 88.1 Å². The van der Waals surface area contributed by atoms with Crippen LogP contribution in [0.25, 0.3) is 184 Å². The summed E-state index contributed by atoms with van der Waals surface area (Å²) < 4.78 is 11.3. The molecule has 0 radical (unpaired) electrons. The maximum Gasteiger partial charge on any atom is 0.182 e. The molecule has 0 N–H and O–H groups in total. The Morgan fingerprint density at radius 1 is 0.207 bits per heavy atom. The largest absolute Gasteiger partial charge is 0.323 e. The molecular formula is C101H68N10. The number of rotatable bonds is 11. The molecular weight excluding hydrogens is 1350 g/mol. The molecule has 10 heteroatoms. The van der Waals surface area contributed by atoms with Gasteiger partial charge in [-0.25, -0.2) is 19.9 Å². The number of benzene rings is 13. The van der Waals surface area contributed by atoms with Crippen LogP contribution in [0.2, 0.25) is 0 Å². The zero-order valence-electron chi connectivity index (χ0n) is 60.2. The molecule has 0 aliphatic rings. The van der Waals surface area contributed by atoms with Gasteiger partial charge in [0, 0.05) is 108 Å². The zero-order valence-corrected chi connectivity index (χ0v) is 60.2. The Hall–Kier alpha value is -15.1. The lowest BCUT2D eigenvalue weighted by Gasteiger charge is -2.10. The molecule has 111 heavy (non-hydrogen) atoms. The molecule has 0 unspecified atom stereocenters. The first-order valence-corrected chi connectivity index (χ1v) is 37.3. The molecule has 10 nitrogen and oxygen atoms in total. The normalized spacial score (nSPS) is 11.4. The molecule has 0 bridgehead atoms. The van der Waals surface area contributed by atoms with Crippen molar-refractivity contribution in [3.63, 3.8) is 0 Å². The quantitative estimate of drug-likeness (QED) is 0.129. The van der Waals surface area contributed by atoms with Gasteiger partial charge in [0.25, 0.3) is 0 Å². The van der Waals surface area contributed by atoms with Crippen LogP contribution in [-0.4, -0.2) is 47.4 Å². The molecule has 0 atom stereocenters. The van der Waals surface area contributed by atoms with Crippen molar-refractivity contribution >= 4 is 76.6 Å². The SMILES string of the molecule is c1ccc(-c2c(-c3ccc(-n4c5ccccc5c5ccccc54)cc3)cn3ccccc23)cc1.c1ccc(-c2ccc3c(c2)c2cc(-c4ccccc4)ccc2n3-c2ccc(-c3cn4ccccc4n3)cc2)cc1.c1ccc(-c2nc(-c3ccc(-n4c5ccccc5c5ccccc54)cc3)nc(-c3ccccn3)n2)cc1. The van der Waals surface area contributed by atoms with Gasteiger partial charge in [0.15, 0.2) is 17.5 Å². The molecule has 0 aliphatic carbocycles. The monoisotopic (exact) mass is 1420 g/mol. The summed E-state index contributed by atoms with van der Waals surface area (Å²) in [6, 6.07) is 134. The Balaban J connectivity index is 0.000000109. The highest BCUT2D eigenvalue weighted by Gasteiger charge is 2.21. The smallest absolute Gasteiger partial charge is 0.182 e. The highest BCUT2D eigenvalue weighted by molar-refractivity contribution is 6.13. The molecule has 22 rings (SSSR count). The Labute approximate surface area is 640 Å². The highest BCUT2D eigenvalue weighted by Crippen LogP contribution is 2.42. The molecule has 13 aromatic carbocycles. The van der Waals surface area contributed by atoms with E-state index in [0.717, 1.165) is 39.4 Å². The molecule has 0 fully saturated rings. The predicted octanol–water partition coefficient (Wildman–Crippen LogP) is 25.2. The number of aromatic nitrogens is 10. The summed E-state index contributed by atoms with van der Waals surface area (Å²) in [5.74, 6) is 1.79. The van der Waals surface area contributed by atoms with Crippen LogP contribution in [0.1, 0.15) is 0 Å². The van der Waals surface area contributed by atoms with Crippen LogP contribution in [0.4, 0.5) is 0 Å². The lowest BCUT2D eigenvalue weighted by molar-refractivity contribution is 1.06. The van der Waals surface area contributed by atoms with E-state index in [4.69, 9.17) is 19.9 Å². The Morgan fingerprint density at radius 3 is 1.05 bits per heavy atom. The summed E-state index contributed by atoms with van der Waals surface area (Å²) in [6.45, 7) is 0. The first kappa shape index (κ1) is 65.4. The van der Waals surface area contributed by atoms with Gasteiger partial charge in [0.2, 0.25) is 0 Å². The molecule has 0 aliphatic heterocycles. The Bertz CT molecular complexity index is 6850. The molecule has 9 aromatic heterocycles. The highest BCUT2D eigenvalue weighted by atomic mass is 15.1. The summed E-state index contributed by atoms with van der Waals surface area (Å²) in [5.41, 5.74) is 27.3. The lowest BCUT2D eigenvalue weighted by Crippen LogP contribution is -2.01. The number of fused-ring (bicyclic) bond motifs is 11. The van der Waals surface area contributed by atoms with Crippen molar-refractivity contribution in [3.8, 4) is 107 Å². The van der Waals surface area contributed by atoms with Crippen molar-refractivity contribution in [2.75, 3.05) is 0 Å². The molecule has 9 heterocycles. The van der Waals surface area contributed by atoms with E-state index in [9.17, 15) is 0 Å². The van der Waals surface area contributed by atoms with Crippen molar-refractivity contribution in [1.82, 2.24) is 47.4 Å². The second-order valence-electron chi connectivity index (χ2n) is 27.7. The van der Waals surface area contributed by atoms with Crippen LogP contribution in [0.5, 0.6) is 0 Å². The van der Waals surface area contributed by atoms with E-state index in [1.165, 1.54) is 121 Å². The fraction of sp³-hybridized carbons (Fsp3) is 0. The minimum atomic E-state index is 0.552. The van der Waals surface area contributed by atoms with Crippen molar-refractivity contribution in [1.29, 1.82) is 0 Å². The Kier molecular flexibility index (Phi) is 16.7. The van der Waals surface area contributed by atoms with Crippen molar-refractivity contribution in [2.45, 2.75) is 0 Å². The van der Waals surface area contributed by atoms with E-state index in [-0.39, 0.29) is 0 Å². The zero-order chi connectivity index (χ0) is 73.6. The molecule has 0 saturated heterocycles. The van der Waals surface area contributed by atoms with E-state index in [1.54, 1.807) is 6.20 Å². The standard InChI is InChI=1S/C37H25N3.C32H21N5.C32H22N2/c1-3-9-26(10-4-1)29-16-20-35-32(23-29)33-24-30(27-11-5-2-6-12-27)17-21-36(33)40(35)31-18-14-28(15-19-31)34-25-39-22-8-7-13-37(39)38-34;1-2-10-22(11-3-1)30-34-31(36-32(35-30)27-14-8-9-21-33-27)23-17-19-24(20-18-23)37-28-15-6-4-12-25(28)26-13-5-7-16-29(26)37;1-2-10-24(11-3-1)32-28(22-33-21-9-8-16-31(32)33)23-17-19-25(20-18-23)34-29-14-6-4-12-26(29)27-13-5-7-15-30(27)34/h1-25H;1-21H;1-22H. The van der Waals surface area contributed by atoms with E-state index in [1.807, 2.05) is 72.9 Å². The Morgan fingerprint density at radius 2 is 0.577 bits per heavy atom. The summed E-state index contributed by atoms with van der Waals surface area (Å²) in [6.07, 6.45) is 10.2. The number of hydrogen-bond acceptors (Lipinski definition) is 5. The van der Waals surface area contributed by atoms with Crippen molar-refractivity contribution in [3.05, 3.63) is 413 Å². The maximum atomic E-state index is 4.83. The van der Waals surface area contributed by atoms with Crippen LogP contribution in [0.3, 0.4) is 0 Å². The van der Waals surface area contributed by atoms with E-state index in [0.29, 0.717) is 23.2 Å².